The van der Waals surface area contributed by atoms with Gasteiger partial charge in [-0.05, 0) is 48.6 Å². The second-order valence-corrected chi connectivity index (χ2v) is 9.23. The fourth-order valence-corrected chi connectivity index (χ4v) is 5.30. The minimum Gasteiger partial charge on any atom is -0.493 e. The van der Waals surface area contributed by atoms with Crippen molar-refractivity contribution in [3.05, 3.63) is 58.1 Å². The number of benzene rings is 2. The number of para-hydroxylation sites is 2. The van der Waals surface area contributed by atoms with Crippen molar-refractivity contribution in [1.29, 1.82) is 5.26 Å². The summed E-state index contributed by atoms with van der Waals surface area (Å²) < 4.78 is 22.6. The summed E-state index contributed by atoms with van der Waals surface area (Å²) in [6.45, 7) is 4.45. The summed E-state index contributed by atoms with van der Waals surface area (Å²) in [5.74, 6) is 2.54. The van der Waals surface area contributed by atoms with Gasteiger partial charge in [0.1, 0.15) is 12.7 Å². The molecular formula is C28H36N2O6. The van der Waals surface area contributed by atoms with Crippen LogP contribution in [-0.4, -0.2) is 37.9 Å². The van der Waals surface area contributed by atoms with Gasteiger partial charge in [-0.25, -0.2) is 0 Å². The Hall–Kier alpha value is -3.47. The fourth-order valence-electron chi connectivity index (χ4n) is 5.30. The third kappa shape index (κ3) is 5.84. The number of ether oxygens (including phenoxy) is 4. The van der Waals surface area contributed by atoms with Gasteiger partial charge in [-0.1, -0.05) is 44.9 Å². The van der Waals surface area contributed by atoms with E-state index in [9.17, 15) is 15.4 Å². The van der Waals surface area contributed by atoms with Crippen LogP contribution in [0.15, 0.2) is 42.5 Å². The van der Waals surface area contributed by atoms with Gasteiger partial charge in [0.2, 0.25) is 6.04 Å². The molecule has 0 N–H and O–H groups in total. The molecule has 0 spiro atoms. The average molecular weight is 497 g/mol. The molecule has 0 bridgehead atoms. The van der Waals surface area contributed by atoms with Gasteiger partial charge >= 0.3 is 0 Å². The fraction of sp³-hybridized carbons (Fsp3) is 0.536. The maximum Gasteiger partial charge on any atom is 0.216 e. The van der Waals surface area contributed by atoms with Gasteiger partial charge in [-0.15, -0.1) is 0 Å². The number of hydrogen-bond donors (Lipinski definition) is 0. The largest absolute Gasteiger partial charge is 0.493 e. The van der Waals surface area contributed by atoms with Gasteiger partial charge in [0.25, 0.3) is 0 Å². The topological polar surface area (TPSA) is 104 Å². The highest BCUT2D eigenvalue weighted by atomic mass is 16.6. The third-order valence-corrected chi connectivity index (χ3v) is 7.29. The van der Waals surface area contributed by atoms with E-state index >= 15 is 0 Å². The number of fused-ring (bicyclic) bond motifs is 1. The van der Waals surface area contributed by atoms with E-state index in [1.54, 1.807) is 14.2 Å². The summed E-state index contributed by atoms with van der Waals surface area (Å²) in [6, 6.07) is 14.8. The first-order valence-electron chi connectivity index (χ1n) is 12.6. The number of nitro groups is 1. The Morgan fingerprint density at radius 1 is 1.14 bits per heavy atom. The highest BCUT2D eigenvalue weighted by Crippen LogP contribution is 2.43. The van der Waals surface area contributed by atoms with Crippen molar-refractivity contribution in [2.75, 3.05) is 20.8 Å². The molecule has 2 aromatic carbocycles. The molecule has 3 atom stereocenters. The van der Waals surface area contributed by atoms with Gasteiger partial charge in [-0.2, -0.15) is 5.26 Å². The number of nitrogens with zero attached hydrogens (tertiary/aromatic N) is 2. The molecule has 194 valence electrons. The average Bonchev–Trinajstić information content (AvgIpc) is 2.91. The predicted molar refractivity (Wildman–Crippen MR) is 137 cm³/mol. The Kier molecular flexibility index (Phi) is 9.40. The van der Waals surface area contributed by atoms with Crippen LogP contribution < -0.4 is 18.9 Å². The highest BCUT2D eigenvalue weighted by molar-refractivity contribution is 5.47. The Bertz CT molecular complexity index is 1060. The zero-order valence-corrected chi connectivity index (χ0v) is 21.6. The Morgan fingerprint density at radius 2 is 1.83 bits per heavy atom. The Labute approximate surface area is 213 Å². The van der Waals surface area contributed by atoms with Crippen LogP contribution >= 0.6 is 0 Å². The summed E-state index contributed by atoms with van der Waals surface area (Å²) in [5.41, 5.74) is 0.0720. The summed E-state index contributed by atoms with van der Waals surface area (Å²) in [5, 5.41) is 22.4. The molecule has 1 aliphatic heterocycles. The second-order valence-electron chi connectivity index (χ2n) is 9.23. The van der Waals surface area contributed by atoms with Crippen LogP contribution in [-0.2, 0) is 5.41 Å². The van der Waals surface area contributed by atoms with Crippen molar-refractivity contribution in [2.24, 2.45) is 5.92 Å². The zero-order valence-electron chi connectivity index (χ0n) is 21.6. The maximum atomic E-state index is 11.9. The molecule has 1 heterocycles. The lowest BCUT2D eigenvalue weighted by molar-refractivity contribution is -0.526. The lowest BCUT2D eigenvalue weighted by atomic mass is 9.66. The Balaban J connectivity index is 1.76. The van der Waals surface area contributed by atoms with E-state index in [0.29, 0.717) is 42.3 Å². The van der Waals surface area contributed by atoms with Crippen LogP contribution in [0.2, 0.25) is 0 Å². The second kappa shape index (κ2) is 12.5. The third-order valence-electron chi connectivity index (χ3n) is 7.29. The zero-order chi connectivity index (χ0) is 26.1. The van der Waals surface area contributed by atoms with Crippen LogP contribution in [0.4, 0.5) is 0 Å². The SMILES string of the molecule is CCC(CC)C(C#N)(CCCC(CC1COc2ccccc2O1)[N+](=O)[O-])c1ccc(OC)c(OC)c1. The van der Waals surface area contributed by atoms with Gasteiger partial charge in [0, 0.05) is 11.3 Å². The molecule has 3 unspecified atom stereocenters. The van der Waals surface area contributed by atoms with Crippen LogP contribution in [0.1, 0.15) is 57.9 Å². The van der Waals surface area contributed by atoms with E-state index < -0.39 is 11.5 Å². The van der Waals surface area contributed by atoms with Gasteiger partial charge in [0.15, 0.2) is 23.0 Å². The first-order valence-corrected chi connectivity index (χ1v) is 12.6. The Morgan fingerprint density at radius 3 is 2.44 bits per heavy atom. The molecular weight excluding hydrogens is 460 g/mol. The minimum atomic E-state index is -0.785. The predicted octanol–water partition coefficient (Wildman–Crippen LogP) is 5.95. The normalized spacial score (nSPS) is 17.1. The number of nitriles is 1. The molecule has 0 aromatic heterocycles. The van der Waals surface area contributed by atoms with Crippen LogP contribution in [0.5, 0.6) is 23.0 Å². The van der Waals surface area contributed by atoms with Crippen molar-refractivity contribution in [3.63, 3.8) is 0 Å². The van der Waals surface area contributed by atoms with Crippen molar-refractivity contribution in [2.45, 2.75) is 69.9 Å². The van der Waals surface area contributed by atoms with Crippen LogP contribution in [0, 0.1) is 27.4 Å². The summed E-state index contributed by atoms with van der Waals surface area (Å²) >= 11 is 0. The molecule has 2 aromatic rings. The van der Waals surface area contributed by atoms with Crippen molar-refractivity contribution in [3.8, 4) is 29.1 Å². The smallest absolute Gasteiger partial charge is 0.216 e. The lowest BCUT2D eigenvalue weighted by Gasteiger charge is -2.35. The standard InChI is InChI=1S/C28H36N2O6/c1-5-20(6-2)28(19-29,21-13-14-24(33-3)27(16-21)34-4)15-9-10-22(30(31)32)17-23-18-35-25-11-7-8-12-26(25)36-23/h7-8,11-14,16,20,22-23H,5-6,9-10,15,17-18H2,1-4H3. The molecule has 0 saturated heterocycles. The molecule has 0 fully saturated rings. The van der Waals surface area contributed by atoms with E-state index in [1.165, 1.54) is 0 Å². The molecule has 8 heteroatoms. The van der Waals surface area contributed by atoms with E-state index in [2.05, 4.69) is 19.9 Å². The number of methoxy groups -OCH3 is 2. The molecule has 0 amide bonds. The highest BCUT2D eigenvalue weighted by Gasteiger charge is 2.40. The van der Waals surface area contributed by atoms with E-state index in [1.807, 2.05) is 42.5 Å². The lowest BCUT2D eigenvalue weighted by Crippen LogP contribution is -2.36. The van der Waals surface area contributed by atoms with Crippen LogP contribution in [0.25, 0.3) is 0 Å². The summed E-state index contributed by atoms with van der Waals surface area (Å²) in [4.78, 5) is 11.7. The molecule has 0 radical (unpaired) electrons. The quantitative estimate of drug-likeness (QED) is 0.249. The summed E-state index contributed by atoms with van der Waals surface area (Å²) in [7, 11) is 3.15. The minimum absolute atomic E-state index is 0.0984. The van der Waals surface area contributed by atoms with Crippen molar-refractivity contribution < 1.29 is 23.9 Å². The van der Waals surface area contributed by atoms with Crippen molar-refractivity contribution in [1.82, 2.24) is 0 Å². The van der Waals surface area contributed by atoms with Gasteiger partial charge in [-0.3, -0.25) is 10.1 Å². The van der Waals surface area contributed by atoms with Crippen LogP contribution in [0.3, 0.4) is 0 Å². The number of hydrogen-bond acceptors (Lipinski definition) is 7. The van der Waals surface area contributed by atoms with E-state index in [0.717, 1.165) is 18.4 Å². The molecule has 8 nitrogen and oxygen atoms in total. The monoisotopic (exact) mass is 496 g/mol. The molecule has 36 heavy (non-hydrogen) atoms. The first kappa shape index (κ1) is 27.1. The van der Waals surface area contributed by atoms with E-state index in [-0.39, 0.29) is 30.0 Å². The van der Waals surface area contributed by atoms with Gasteiger partial charge in [0.05, 0.1) is 32.1 Å². The molecule has 0 saturated carbocycles. The molecule has 1 aliphatic rings. The first-order chi connectivity index (χ1) is 17.4. The van der Waals surface area contributed by atoms with E-state index in [4.69, 9.17) is 18.9 Å². The van der Waals surface area contributed by atoms with Crippen molar-refractivity contribution >= 4 is 0 Å². The molecule has 0 aliphatic carbocycles. The van der Waals surface area contributed by atoms with Gasteiger partial charge < -0.3 is 18.9 Å². The summed E-state index contributed by atoms with van der Waals surface area (Å²) in [6.07, 6.45) is 2.91. The number of rotatable bonds is 13. The maximum absolute atomic E-state index is 11.9. The molecule has 3 rings (SSSR count).